The van der Waals surface area contributed by atoms with Gasteiger partial charge in [-0.25, -0.2) is 0 Å². The molecular formula is C23H26Cl4N2O3. The molecular weight excluding hydrogens is 494 g/mol. The second-order valence-electron chi connectivity index (χ2n) is 7.36. The number of carbonyl (C=O) groups excluding carboxylic acids is 2. The van der Waals surface area contributed by atoms with Gasteiger partial charge in [0.05, 0.1) is 5.02 Å². The Morgan fingerprint density at radius 3 is 2.16 bits per heavy atom. The van der Waals surface area contributed by atoms with Gasteiger partial charge in [0.15, 0.2) is 6.61 Å². The van der Waals surface area contributed by atoms with Gasteiger partial charge in [-0.05, 0) is 55.7 Å². The molecule has 2 aromatic rings. The Morgan fingerprint density at radius 1 is 0.969 bits per heavy atom. The van der Waals surface area contributed by atoms with Crippen LogP contribution in [-0.4, -0.2) is 35.4 Å². The summed E-state index contributed by atoms with van der Waals surface area (Å²) in [6.45, 7) is 5.56. The largest absolute Gasteiger partial charge is 0.482 e. The minimum absolute atomic E-state index is 0.0169. The fourth-order valence-corrected chi connectivity index (χ4v) is 3.94. The van der Waals surface area contributed by atoms with Gasteiger partial charge < -0.3 is 15.0 Å². The van der Waals surface area contributed by atoms with Crippen LogP contribution in [-0.2, 0) is 16.1 Å². The summed E-state index contributed by atoms with van der Waals surface area (Å²) in [7, 11) is 0. The standard InChI is InChI=1S/C23H26Cl4N2O3/c1-4-14(3)28-23(31)20(5-2)29(12-15-6-7-16(24)10-18(15)26)22(30)13-32-21-9-8-17(25)11-19(21)27/h6-11,14,20H,4-5,12-13H2,1-3H3,(H,28,31)/t14-,20+/m0/s1. The number of halogens is 4. The van der Waals surface area contributed by atoms with E-state index in [0.29, 0.717) is 37.8 Å². The Morgan fingerprint density at radius 2 is 1.59 bits per heavy atom. The minimum atomic E-state index is -0.701. The number of hydrogen-bond acceptors (Lipinski definition) is 3. The van der Waals surface area contributed by atoms with Gasteiger partial charge >= 0.3 is 0 Å². The molecule has 9 heteroatoms. The van der Waals surface area contributed by atoms with E-state index < -0.39 is 6.04 Å². The summed E-state index contributed by atoms with van der Waals surface area (Å²) in [6, 6.07) is 9.05. The van der Waals surface area contributed by atoms with Crippen LogP contribution in [0.4, 0.5) is 0 Å². The maximum absolute atomic E-state index is 13.2. The molecule has 0 bridgehead atoms. The number of benzene rings is 2. The van der Waals surface area contributed by atoms with Crippen LogP contribution in [0.5, 0.6) is 5.75 Å². The molecule has 174 valence electrons. The zero-order valence-electron chi connectivity index (χ0n) is 18.1. The maximum atomic E-state index is 13.2. The maximum Gasteiger partial charge on any atom is 0.261 e. The van der Waals surface area contributed by atoms with Gasteiger partial charge in [-0.15, -0.1) is 0 Å². The molecule has 5 nitrogen and oxygen atoms in total. The number of rotatable bonds is 10. The molecule has 0 unspecified atom stereocenters. The van der Waals surface area contributed by atoms with Crippen molar-refractivity contribution in [3.63, 3.8) is 0 Å². The third-order valence-electron chi connectivity index (χ3n) is 4.99. The summed E-state index contributed by atoms with van der Waals surface area (Å²) < 4.78 is 5.63. The smallest absolute Gasteiger partial charge is 0.261 e. The monoisotopic (exact) mass is 518 g/mol. The summed E-state index contributed by atoms with van der Waals surface area (Å²) >= 11 is 24.4. The van der Waals surface area contributed by atoms with E-state index in [1.54, 1.807) is 30.3 Å². The first-order valence-electron chi connectivity index (χ1n) is 10.3. The van der Waals surface area contributed by atoms with Gasteiger partial charge in [-0.2, -0.15) is 0 Å². The molecule has 0 spiro atoms. The van der Waals surface area contributed by atoms with Gasteiger partial charge in [0.25, 0.3) is 5.91 Å². The van der Waals surface area contributed by atoms with Gasteiger partial charge in [-0.3, -0.25) is 9.59 Å². The van der Waals surface area contributed by atoms with Crippen molar-refractivity contribution < 1.29 is 14.3 Å². The third kappa shape index (κ3) is 7.45. The Labute approximate surface area is 208 Å². The third-order valence-corrected chi connectivity index (χ3v) is 6.11. The number of hydrogen-bond donors (Lipinski definition) is 1. The molecule has 2 aromatic carbocycles. The molecule has 2 rings (SSSR count). The average molecular weight is 520 g/mol. The Bertz CT molecular complexity index is 955. The molecule has 0 saturated carbocycles. The molecule has 0 radical (unpaired) electrons. The quantitative estimate of drug-likeness (QED) is 0.395. The summed E-state index contributed by atoms with van der Waals surface area (Å²) in [5, 5.41) is 4.60. The number of ether oxygens (including phenoxy) is 1. The highest BCUT2D eigenvalue weighted by molar-refractivity contribution is 6.35. The normalized spacial score (nSPS) is 12.7. The highest BCUT2D eigenvalue weighted by Crippen LogP contribution is 2.28. The topological polar surface area (TPSA) is 58.6 Å². The molecule has 0 saturated heterocycles. The molecule has 0 fully saturated rings. The van der Waals surface area contributed by atoms with Crippen LogP contribution in [0.3, 0.4) is 0 Å². The van der Waals surface area contributed by atoms with Crippen LogP contribution in [0.2, 0.25) is 20.1 Å². The fraction of sp³-hybridized carbons (Fsp3) is 0.391. The van der Waals surface area contributed by atoms with E-state index in [9.17, 15) is 9.59 Å². The first kappa shape index (κ1) is 26.6. The van der Waals surface area contributed by atoms with Gasteiger partial charge in [0.1, 0.15) is 11.8 Å². The van der Waals surface area contributed by atoms with Gasteiger partial charge in [-0.1, -0.05) is 66.3 Å². The van der Waals surface area contributed by atoms with Crippen LogP contribution in [0.1, 0.15) is 39.2 Å². The first-order valence-corrected chi connectivity index (χ1v) is 11.8. The SMILES string of the molecule is CC[C@H](C(=O)N[C@@H](C)CC)N(Cc1ccc(Cl)cc1Cl)C(=O)COc1ccc(Cl)cc1Cl. The molecule has 2 atom stereocenters. The van der Waals surface area contributed by atoms with Gasteiger partial charge in [0, 0.05) is 27.7 Å². The van der Waals surface area contributed by atoms with Crippen molar-refractivity contribution in [2.24, 2.45) is 0 Å². The lowest BCUT2D eigenvalue weighted by Gasteiger charge is -2.31. The fourth-order valence-electron chi connectivity index (χ4n) is 3.01. The summed E-state index contributed by atoms with van der Waals surface area (Å²) in [5.74, 6) is -0.288. The predicted octanol–water partition coefficient (Wildman–Crippen LogP) is 6.40. The van der Waals surface area contributed by atoms with Crippen molar-refractivity contribution in [1.82, 2.24) is 10.2 Å². The Kier molecular flexibility index (Phi) is 10.4. The molecule has 0 aromatic heterocycles. The predicted molar refractivity (Wildman–Crippen MR) is 131 cm³/mol. The van der Waals surface area contributed by atoms with E-state index in [2.05, 4.69) is 5.32 Å². The number of carbonyl (C=O) groups is 2. The molecule has 2 amide bonds. The van der Waals surface area contributed by atoms with Crippen molar-refractivity contribution in [2.45, 2.75) is 52.2 Å². The van der Waals surface area contributed by atoms with Crippen LogP contribution in [0.15, 0.2) is 36.4 Å². The summed E-state index contributed by atoms with van der Waals surface area (Å²) in [5.41, 5.74) is 0.670. The van der Waals surface area contributed by atoms with Crippen LogP contribution in [0, 0.1) is 0 Å². The molecule has 0 aliphatic heterocycles. The number of amides is 2. The second-order valence-corrected chi connectivity index (χ2v) is 9.05. The first-order chi connectivity index (χ1) is 15.2. The van der Waals surface area contributed by atoms with Crippen molar-refractivity contribution in [2.75, 3.05) is 6.61 Å². The summed E-state index contributed by atoms with van der Waals surface area (Å²) in [6.07, 6.45) is 1.19. The Balaban J connectivity index is 2.28. The second kappa shape index (κ2) is 12.5. The average Bonchev–Trinajstić information content (AvgIpc) is 2.74. The molecule has 0 aliphatic rings. The van der Waals surface area contributed by atoms with E-state index in [4.69, 9.17) is 51.1 Å². The number of nitrogens with one attached hydrogen (secondary N) is 1. The zero-order chi connectivity index (χ0) is 23.8. The molecule has 1 N–H and O–H groups in total. The van der Waals surface area contributed by atoms with Crippen molar-refractivity contribution in [1.29, 1.82) is 0 Å². The highest BCUT2D eigenvalue weighted by Gasteiger charge is 2.30. The van der Waals surface area contributed by atoms with Crippen molar-refractivity contribution in [3.05, 3.63) is 62.1 Å². The van der Waals surface area contributed by atoms with E-state index in [0.717, 1.165) is 6.42 Å². The Hall–Kier alpha value is -1.66. The van der Waals surface area contributed by atoms with E-state index in [1.165, 1.54) is 11.0 Å². The van der Waals surface area contributed by atoms with Crippen LogP contribution in [0.25, 0.3) is 0 Å². The highest BCUT2D eigenvalue weighted by atomic mass is 35.5. The molecule has 32 heavy (non-hydrogen) atoms. The van der Waals surface area contributed by atoms with Crippen molar-refractivity contribution in [3.8, 4) is 5.75 Å². The number of nitrogens with zero attached hydrogens (tertiary/aromatic N) is 1. The van der Waals surface area contributed by atoms with E-state index in [1.807, 2.05) is 20.8 Å². The molecule has 0 aliphatic carbocycles. The van der Waals surface area contributed by atoms with Gasteiger partial charge in [0.2, 0.25) is 5.91 Å². The minimum Gasteiger partial charge on any atom is -0.482 e. The van der Waals surface area contributed by atoms with Crippen molar-refractivity contribution >= 4 is 58.2 Å². The van der Waals surface area contributed by atoms with Crippen LogP contribution < -0.4 is 10.1 Å². The zero-order valence-corrected chi connectivity index (χ0v) is 21.2. The lowest BCUT2D eigenvalue weighted by Crippen LogP contribution is -2.51. The lowest BCUT2D eigenvalue weighted by atomic mass is 10.1. The summed E-state index contributed by atoms with van der Waals surface area (Å²) in [4.78, 5) is 27.6. The molecule has 0 heterocycles. The van der Waals surface area contributed by atoms with Crippen LogP contribution >= 0.6 is 46.4 Å². The lowest BCUT2D eigenvalue weighted by molar-refractivity contribution is -0.143. The van der Waals surface area contributed by atoms with E-state index in [-0.39, 0.29) is 31.0 Å². The van der Waals surface area contributed by atoms with E-state index >= 15 is 0 Å².